The highest BCUT2D eigenvalue weighted by atomic mass is 14.7. The van der Waals surface area contributed by atoms with E-state index in [1.807, 2.05) is 12.3 Å². The summed E-state index contributed by atoms with van der Waals surface area (Å²) < 4.78 is 0. The van der Waals surface area contributed by atoms with Crippen LogP contribution in [0.2, 0.25) is 0 Å². The fourth-order valence-corrected chi connectivity index (χ4v) is 2.34. The van der Waals surface area contributed by atoms with Gasteiger partial charge in [0.25, 0.3) is 0 Å². The third-order valence-corrected chi connectivity index (χ3v) is 3.32. The first-order chi connectivity index (χ1) is 8.84. The Balaban J connectivity index is 2.15. The maximum absolute atomic E-state index is 4.66. The van der Waals surface area contributed by atoms with Crippen LogP contribution in [-0.4, -0.2) is 5.71 Å². The Labute approximate surface area is 107 Å². The number of hydrogen-bond donors (Lipinski definition) is 0. The second-order valence-electron chi connectivity index (χ2n) is 4.62. The maximum atomic E-state index is 4.66. The Morgan fingerprint density at radius 1 is 0.889 bits per heavy atom. The van der Waals surface area contributed by atoms with Crippen molar-refractivity contribution in [2.75, 3.05) is 0 Å². The minimum Gasteiger partial charge on any atom is -0.260 e. The molecule has 0 spiro atoms. The summed E-state index contributed by atoms with van der Waals surface area (Å²) >= 11 is 0. The van der Waals surface area contributed by atoms with Crippen LogP contribution in [0.1, 0.15) is 18.9 Å². The molecule has 1 nitrogen and oxygen atoms in total. The fourth-order valence-electron chi connectivity index (χ4n) is 2.34. The molecule has 1 heteroatoms. The summed E-state index contributed by atoms with van der Waals surface area (Å²) in [6.45, 7) is 2.19. The first-order valence-corrected chi connectivity index (χ1v) is 6.22. The van der Waals surface area contributed by atoms with Gasteiger partial charge < -0.3 is 0 Å². The Kier molecular flexibility index (Phi) is 2.81. The lowest BCUT2D eigenvalue weighted by Gasteiger charge is -2.04. The van der Waals surface area contributed by atoms with Crippen molar-refractivity contribution < 1.29 is 0 Å². The molecule has 0 bridgehead atoms. The van der Waals surface area contributed by atoms with Crippen molar-refractivity contribution in [3.8, 4) is 0 Å². The standard InChI is InChI=1S/C17H15N/c1-13-11-17(14-7-3-2-4-8-14)18-12-15-9-5-6-10-16(13)15/h2-10,12H,11H2,1H3. The van der Waals surface area contributed by atoms with Gasteiger partial charge in [0.2, 0.25) is 0 Å². The van der Waals surface area contributed by atoms with E-state index >= 15 is 0 Å². The average molecular weight is 233 g/mol. The lowest BCUT2D eigenvalue weighted by atomic mass is 10.0. The summed E-state index contributed by atoms with van der Waals surface area (Å²) in [5.41, 5.74) is 3.73. The Hall–Kier alpha value is -2.15. The quantitative estimate of drug-likeness (QED) is 0.717. The molecule has 0 saturated heterocycles. The van der Waals surface area contributed by atoms with Crippen LogP contribution in [-0.2, 0) is 0 Å². The van der Waals surface area contributed by atoms with Gasteiger partial charge in [-0.25, -0.2) is 0 Å². The molecule has 0 aromatic heterocycles. The molecule has 0 atom stereocenters. The Morgan fingerprint density at radius 2 is 1.61 bits per heavy atom. The first-order valence-electron chi connectivity index (χ1n) is 6.22. The highest BCUT2D eigenvalue weighted by molar-refractivity contribution is 6.05. The zero-order valence-corrected chi connectivity index (χ0v) is 10.4. The third-order valence-electron chi connectivity index (χ3n) is 3.32. The van der Waals surface area contributed by atoms with Gasteiger partial charge in [0.05, 0.1) is 5.71 Å². The highest BCUT2D eigenvalue weighted by Crippen LogP contribution is 2.11. The molecule has 0 aliphatic carbocycles. The zero-order chi connectivity index (χ0) is 12.4. The minimum atomic E-state index is 0.914. The summed E-state index contributed by atoms with van der Waals surface area (Å²) in [6.07, 6.45) is 2.89. The van der Waals surface area contributed by atoms with E-state index in [2.05, 4.69) is 60.4 Å². The Bertz CT molecular complexity index is 709. The van der Waals surface area contributed by atoms with Crippen LogP contribution in [0.4, 0.5) is 0 Å². The van der Waals surface area contributed by atoms with Crippen molar-refractivity contribution >= 4 is 17.5 Å². The highest BCUT2D eigenvalue weighted by Gasteiger charge is 2.06. The van der Waals surface area contributed by atoms with Crippen LogP contribution < -0.4 is 10.4 Å². The number of aliphatic imine (C=N–C) groups is 1. The van der Waals surface area contributed by atoms with Crippen molar-refractivity contribution in [2.45, 2.75) is 13.3 Å². The van der Waals surface area contributed by atoms with E-state index in [1.165, 1.54) is 21.6 Å². The van der Waals surface area contributed by atoms with Gasteiger partial charge in [-0.1, -0.05) is 60.2 Å². The molecular formula is C17H15N. The molecule has 3 rings (SSSR count). The minimum absolute atomic E-state index is 0.914. The molecule has 0 N–H and O–H groups in total. The van der Waals surface area contributed by atoms with E-state index in [0.717, 1.165) is 12.1 Å². The van der Waals surface area contributed by atoms with Gasteiger partial charge in [0.15, 0.2) is 0 Å². The topological polar surface area (TPSA) is 12.4 Å². The molecule has 2 aromatic carbocycles. The second-order valence-corrected chi connectivity index (χ2v) is 4.62. The van der Waals surface area contributed by atoms with Crippen molar-refractivity contribution in [3.63, 3.8) is 0 Å². The molecular weight excluding hydrogens is 218 g/mol. The molecule has 0 radical (unpaired) electrons. The van der Waals surface area contributed by atoms with E-state index in [1.54, 1.807) is 0 Å². The summed E-state index contributed by atoms with van der Waals surface area (Å²) in [7, 11) is 0. The third kappa shape index (κ3) is 2.00. The van der Waals surface area contributed by atoms with Crippen LogP contribution >= 0.6 is 0 Å². The van der Waals surface area contributed by atoms with Crippen LogP contribution in [0.5, 0.6) is 0 Å². The fraction of sp³-hybridized carbons (Fsp3) is 0.118. The van der Waals surface area contributed by atoms with Crippen molar-refractivity contribution in [1.82, 2.24) is 0 Å². The average Bonchev–Trinajstić information content (AvgIpc) is 2.60. The predicted octanol–water partition coefficient (Wildman–Crippen LogP) is 2.49. The van der Waals surface area contributed by atoms with Gasteiger partial charge in [-0.05, 0) is 22.9 Å². The van der Waals surface area contributed by atoms with Gasteiger partial charge >= 0.3 is 0 Å². The summed E-state index contributed by atoms with van der Waals surface area (Å²) in [5, 5.41) is 2.52. The lowest BCUT2D eigenvalue weighted by Crippen LogP contribution is -2.24. The number of rotatable bonds is 1. The second kappa shape index (κ2) is 4.61. The van der Waals surface area contributed by atoms with Crippen molar-refractivity contribution in [3.05, 3.63) is 70.6 Å². The molecule has 18 heavy (non-hydrogen) atoms. The molecule has 88 valence electrons. The lowest BCUT2D eigenvalue weighted by molar-refractivity contribution is 1.37. The van der Waals surface area contributed by atoms with Crippen LogP contribution in [0.25, 0.3) is 11.8 Å². The molecule has 0 amide bonds. The number of hydrogen-bond acceptors (Lipinski definition) is 1. The van der Waals surface area contributed by atoms with E-state index in [-0.39, 0.29) is 0 Å². The van der Waals surface area contributed by atoms with E-state index < -0.39 is 0 Å². The van der Waals surface area contributed by atoms with E-state index in [0.29, 0.717) is 0 Å². The Morgan fingerprint density at radius 3 is 2.44 bits per heavy atom. The van der Waals surface area contributed by atoms with Crippen molar-refractivity contribution in [1.29, 1.82) is 0 Å². The molecule has 2 aromatic rings. The monoisotopic (exact) mass is 233 g/mol. The SMILES string of the molecule is CC1=c2ccccc2=CN=C(c2ccccc2)C1. The van der Waals surface area contributed by atoms with Crippen molar-refractivity contribution in [2.24, 2.45) is 4.99 Å². The molecule has 1 aliphatic rings. The van der Waals surface area contributed by atoms with E-state index in [9.17, 15) is 0 Å². The summed E-state index contributed by atoms with van der Waals surface area (Å²) in [4.78, 5) is 4.66. The molecule has 0 unspecified atom stereocenters. The summed E-state index contributed by atoms with van der Waals surface area (Å²) in [6, 6.07) is 18.8. The van der Waals surface area contributed by atoms with Crippen LogP contribution in [0.3, 0.4) is 0 Å². The molecule has 0 fully saturated rings. The zero-order valence-electron chi connectivity index (χ0n) is 10.4. The van der Waals surface area contributed by atoms with Gasteiger partial charge in [-0.2, -0.15) is 0 Å². The smallest absolute Gasteiger partial charge is 0.0516 e. The van der Waals surface area contributed by atoms with Crippen LogP contribution in [0.15, 0.2) is 59.6 Å². The summed E-state index contributed by atoms with van der Waals surface area (Å²) in [5.74, 6) is 0. The maximum Gasteiger partial charge on any atom is 0.0516 e. The van der Waals surface area contributed by atoms with Crippen LogP contribution in [0, 0.1) is 0 Å². The number of fused-ring (bicyclic) bond motifs is 1. The number of benzene rings is 2. The number of nitrogens with zero attached hydrogens (tertiary/aromatic N) is 1. The van der Waals surface area contributed by atoms with Gasteiger partial charge in [-0.3, -0.25) is 4.99 Å². The molecule has 1 heterocycles. The predicted molar refractivity (Wildman–Crippen MR) is 76.8 cm³/mol. The molecule has 1 aliphatic heterocycles. The first kappa shape index (κ1) is 11.0. The van der Waals surface area contributed by atoms with E-state index in [4.69, 9.17) is 0 Å². The normalized spacial score (nSPS) is 14.3. The van der Waals surface area contributed by atoms with Gasteiger partial charge in [0, 0.05) is 12.6 Å². The van der Waals surface area contributed by atoms with Gasteiger partial charge in [0.1, 0.15) is 0 Å². The van der Waals surface area contributed by atoms with Gasteiger partial charge in [-0.15, -0.1) is 0 Å². The largest absolute Gasteiger partial charge is 0.260 e. The molecule has 0 saturated carbocycles.